The first-order valence-electron chi connectivity index (χ1n) is 6.16. The average Bonchev–Trinajstić information content (AvgIpc) is 2.90. The first-order valence-corrected chi connectivity index (χ1v) is 6.95. The second-order valence-electron chi connectivity index (χ2n) is 4.22. The van der Waals surface area contributed by atoms with E-state index < -0.39 is 0 Å². The molecule has 0 aromatic heterocycles. The first kappa shape index (κ1) is 13.4. The van der Waals surface area contributed by atoms with Crippen molar-refractivity contribution in [1.82, 2.24) is 10.6 Å². The molecule has 1 fully saturated rings. The van der Waals surface area contributed by atoms with E-state index in [2.05, 4.69) is 26.6 Å². The highest BCUT2D eigenvalue weighted by molar-refractivity contribution is 9.10. The van der Waals surface area contributed by atoms with Crippen molar-refractivity contribution in [3.63, 3.8) is 0 Å². The highest BCUT2D eigenvalue weighted by Crippen LogP contribution is 2.23. The quantitative estimate of drug-likeness (QED) is 0.814. The molecule has 1 amide bonds. The molecule has 0 saturated carbocycles. The van der Waals surface area contributed by atoms with Crippen LogP contribution < -0.4 is 15.4 Å². The molecule has 4 nitrogen and oxygen atoms in total. The van der Waals surface area contributed by atoms with Gasteiger partial charge in [0.1, 0.15) is 12.4 Å². The van der Waals surface area contributed by atoms with E-state index in [-0.39, 0.29) is 11.9 Å². The summed E-state index contributed by atoms with van der Waals surface area (Å²) >= 11 is 3.41. The zero-order valence-electron chi connectivity index (χ0n) is 10.1. The van der Waals surface area contributed by atoms with Crippen molar-refractivity contribution in [2.75, 3.05) is 19.7 Å². The molecule has 1 atom stereocenters. The van der Waals surface area contributed by atoms with Crippen molar-refractivity contribution in [2.24, 2.45) is 0 Å². The van der Waals surface area contributed by atoms with Crippen LogP contribution in [0.25, 0.3) is 0 Å². The highest BCUT2D eigenvalue weighted by Gasteiger charge is 2.21. The molecule has 1 heterocycles. The fourth-order valence-corrected chi connectivity index (χ4v) is 2.33. The van der Waals surface area contributed by atoms with E-state index in [0.29, 0.717) is 13.2 Å². The van der Waals surface area contributed by atoms with Crippen molar-refractivity contribution in [3.05, 3.63) is 28.7 Å². The Morgan fingerprint density at radius 1 is 1.50 bits per heavy atom. The highest BCUT2D eigenvalue weighted by atomic mass is 79.9. The lowest BCUT2D eigenvalue weighted by Gasteiger charge is -2.12. The molecular formula is C13H17BrN2O2. The number of amides is 1. The Morgan fingerprint density at radius 3 is 3.06 bits per heavy atom. The fraction of sp³-hybridized carbons (Fsp3) is 0.462. The first-order chi connectivity index (χ1) is 8.77. The number of benzene rings is 1. The molecular weight excluding hydrogens is 296 g/mol. The molecule has 0 radical (unpaired) electrons. The smallest absolute Gasteiger partial charge is 0.237 e. The molecule has 1 aliphatic rings. The van der Waals surface area contributed by atoms with Gasteiger partial charge in [0, 0.05) is 0 Å². The van der Waals surface area contributed by atoms with Gasteiger partial charge in [-0.3, -0.25) is 4.79 Å². The van der Waals surface area contributed by atoms with Crippen LogP contribution in [0.15, 0.2) is 28.7 Å². The summed E-state index contributed by atoms with van der Waals surface area (Å²) in [6, 6.07) is 7.65. The molecule has 0 aliphatic carbocycles. The Labute approximate surface area is 115 Å². The third-order valence-electron chi connectivity index (χ3n) is 2.87. The zero-order chi connectivity index (χ0) is 12.8. The van der Waals surface area contributed by atoms with E-state index in [4.69, 9.17) is 4.74 Å². The summed E-state index contributed by atoms with van der Waals surface area (Å²) in [5.41, 5.74) is 0. The Balaban J connectivity index is 1.67. The number of carbonyl (C=O) groups is 1. The zero-order valence-corrected chi connectivity index (χ0v) is 11.7. The molecule has 0 bridgehead atoms. The van der Waals surface area contributed by atoms with Gasteiger partial charge in [0.2, 0.25) is 5.91 Å². The van der Waals surface area contributed by atoms with E-state index in [1.807, 2.05) is 24.3 Å². The third-order valence-corrected chi connectivity index (χ3v) is 3.53. The monoisotopic (exact) mass is 312 g/mol. The predicted molar refractivity (Wildman–Crippen MR) is 73.7 cm³/mol. The maximum Gasteiger partial charge on any atom is 0.237 e. The molecule has 5 heteroatoms. The topological polar surface area (TPSA) is 50.4 Å². The molecule has 0 spiro atoms. The van der Waals surface area contributed by atoms with Gasteiger partial charge in [-0.25, -0.2) is 0 Å². The van der Waals surface area contributed by atoms with Crippen LogP contribution in [0.4, 0.5) is 0 Å². The Kier molecular flexibility index (Phi) is 5.01. The molecule has 98 valence electrons. The molecule has 0 unspecified atom stereocenters. The summed E-state index contributed by atoms with van der Waals surface area (Å²) in [4.78, 5) is 11.7. The second-order valence-corrected chi connectivity index (χ2v) is 5.07. The van der Waals surface area contributed by atoms with E-state index in [1.54, 1.807) is 0 Å². The molecule has 1 aromatic rings. The van der Waals surface area contributed by atoms with Crippen LogP contribution in [0, 0.1) is 0 Å². The molecule has 1 aliphatic heterocycles. The maximum atomic E-state index is 11.7. The number of rotatable bonds is 5. The minimum absolute atomic E-state index is 0.0199. The predicted octanol–water partition coefficient (Wildman–Crippen LogP) is 1.70. The number of ether oxygens (including phenoxy) is 1. The van der Waals surface area contributed by atoms with Crippen LogP contribution in [0.3, 0.4) is 0 Å². The number of para-hydroxylation sites is 1. The molecule has 18 heavy (non-hydrogen) atoms. The number of nitrogens with one attached hydrogen (secondary N) is 2. The van der Waals surface area contributed by atoms with E-state index in [1.165, 1.54) is 0 Å². The Hall–Kier alpha value is -1.07. The lowest BCUT2D eigenvalue weighted by Crippen LogP contribution is -2.41. The van der Waals surface area contributed by atoms with Gasteiger partial charge in [0.05, 0.1) is 17.1 Å². The van der Waals surface area contributed by atoms with Crippen LogP contribution in [-0.2, 0) is 4.79 Å². The summed E-state index contributed by atoms with van der Waals surface area (Å²) in [6.07, 6.45) is 2.00. The molecule has 1 aromatic carbocycles. The van der Waals surface area contributed by atoms with Crippen molar-refractivity contribution in [3.8, 4) is 5.75 Å². The maximum absolute atomic E-state index is 11.7. The molecule has 2 rings (SSSR count). The Morgan fingerprint density at radius 2 is 2.33 bits per heavy atom. The van der Waals surface area contributed by atoms with E-state index in [9.17, 15) is 4.79 Å². The summed E-state index contributed by atoms with van der Waals surface area (Å²) in [6.45, 7) is 1.94. The van der Waals surface area contributed by atoms with Crippen molar-refractivity contribution in [1.29, 1.82) is 0 Å². The minimum atomic E-state index is -0.0199. The number of carbonyl (C=O) groups excluding carboxylic acids is 1. The van der Waals surface area contributed by atoms with Crippen LogP contribution >= 0.6 is 15.9 Å². The summed E-state index contributed by atoms with van der Waals surface area (Å²) < 4.78 is 6.49. The second kappa shape index (κ2) is 6.75. The number of hydrogen-bond donors (Lipinski definition) is 2. The standard InChI is InChI=1S/C13H17BrN2O2/c14-10-4-1-2-6-12(10)18-9-8-16-13(17)11-5-3-7-15-11/h1-2,4,6,11,15H,3,5,7-9H2,(H,16,17)/t11-/m0/s1. The summed E-state index contributed by atoms with van der Waals surface area (Å²) in [7, 11) is 0. The van der Waals surface area contributed by atoms with Gasteiger partial charge in [-0.15, -0.1) is 0 Å². The molecule has 1 saturated heterocycles. The average molecular weight is 313 g/mol. The molecule has 2 N–H and O–H groups in total. The van der Waals surface area contributed by atoms with Crippen molar-refractivity contribution < 1.29 is 9.53 Å². The normalized spacial score (nSPS) is 18.6. The van der Waals surface area contributed by atoms with Crippen LogP contribution in [0.1, 0.15) is 12.8 Å². The summed E-state index contributed by atoms with van der Waals surface area (Å²) in [5.74, 6) is 0.869. The Bertz CT molecular complexity index is 406. The van der Waals surface area contributed by atoms with Crippen LogP contribution in [0.2, 0.25) is 0 Å². The van der Waals surface area contributed by atoms with Gasteiger partial charge < -0.3 is 15.4 Å². The lowest BCUT2D eigenvalue weighted by atomic mass is 10.2. The van der Waals surface area contributed by atoms with E-state index >= 15 is 0 Å². The lowest BCUT2D eigenvalue weighted by molar-refractivity contribution is -0.122. The fourth-order valence-electron chi connectivity index (χ4n) is 1.93. The SMILES string of the molecule is O=C(NCCOc1ccccc1Br)[C@@H]1CCCN1. The summed E-state index contributed by atoms with van der Waals surface area (Å²) in [5, 5.41) is 6.04. The van der Waals surface area contributed by atoms with Gasteiger partial charge in [0.25, 0.3) is 0 Å². The largest absolute Gasteiger partial charge is 0.491 e. The van der Waals surface area contributed by atoms with Gasteiger partial charge in [-0.2, -0.15) is 0 Å². The van der Waals surface area contributed by atoms with Crippen LogP contribution in [-0.4, -0.2) is 31.6 Å². The number of halogens is 1. The number of hydrogen-bond acceptors (Lipinski definition) is 3. The van der Waals surface area contributed by atoms with Crippen LogP contribution in [0.5, 0.6) is 5.75 Å². The van der Waals surface area contributed by atoms with Gasteiger partial charge in [-0.05, 0) is 47.4 Å². The van der Waals surface area contributed by atoms with Crippen molar-refractivity contribution >= 4 is 21.8 Å². The van der Waals surface area contributed by atoms with Gasteiger partial charge in [0.15, 0.2) is 0 Å². The van der Waals surface area contributed by atoms with Crippen molar-refractivity contribution in [2.45, 2.75) is 18.9 Å². The third kappa shape index (κ3) is 3.71. The van der Waals surface area contributed by atoms with E-state index in [0.717, 1.165) is 29.6 Å². The minimum Gasteiger partial charge on any atom is -0.491 e. The van der Waals surface area contributed by atoms with Gasteiger partial charge in [-0.1, -0.05) is 12.1 Å². The van der Waals surface area contributed by atoms with Gasteiger partial charge >= 0.3 is 0 Å².